The van der Waals surface area contributed by atoms with Crippen molar-refractivity contribution in [2.24, 2.45) is 0 Å². The first-order valence-electron chi connectivity index (χ1n) is 3.46. The Morgan fingerprint density at radius 1 is 1.27 bits per heavy atom. The molecule has 1 heterocycles. The Morgan fingerprint density at radius 3 is 2.18 bits per heavy atom. The van der Waals surface area contributed by atoms with Gasteiger partial charge in [0.1, 0.15) is 13.2 Å². The van der Waals surface area contributed by atoms with Crippen molar-refractivity contribution in [3.8, 4) is 0 Å². The summed E-state index contributed by atoms with van der Waals surface area (Å²) in [4.78, 5) is 0. The van der Waals surface area contributed by atoms with E-state index in [0.29, 0.717) is 19.0 Å². The smallest absolute Gasteiger partial charge is 0.156 e. The second-order valence-electron chi connectivity index (χ2n) is 1.77. The number of hydrogen-bond donors (Lipinski definition) is 0. The molecule has 1 saturated heterocycles. The third kappa shape index (κ3) is 2.94. The minimum absolute atomic E-state index is 0.621. The van der Waals surface area contributed by atoms with Crippen molar-refractivity contribution < 1.29 is 9.47 Å². The SMILES string of the molecule is C=C.C=C1OCCO/C1=C/C. The Morgan fingerprint density at radius 2 is 1.82 bits per heavy atom. The molecule has 62 valence electrons. The van der Waals surface area contributed by atoms with E-state index >= 15 is 0 Å². The van der Waals surface area contributed by atoms with Gasteiger partial charge in [-0.2, -0.15) is 0 Å². The van der Waals surface area contributed by atoms with E-state index in [1.165, 1.54) is 0 Å². The first-order valence-corrected chi connectivity index (χ1v) is 3.46. The maximum absolute atomic E-state index is 5.18. The van der Waals surface area contributed by atoms with Crippen LogP contribution >= 0.6 is 0 Å². The topological polar surface area (TPSA) is 18.5 Å². The van der Waals surface area contributed by atoms with E-state index in [1.54, 1.807) is 0 Å². The van der Waals surface area contributed by atoms with E-state index in [-0.39, 0.29) is 0 Å². The van der Waals surface area contributed by atoms with Gasteiger partial charge in [-0.3, -0.25) is 0 Å². The van der Waals surface area contributed by atoms with Crippen LogP contribution in [0.3, 0.4) is 0 Å². The van der Waals surface area contributed by atoms with Crippen LogP contribution in [-0.2, 0) is 9.47 Å². The fourth-order valence-electron chi connectivity index (χ4n) is 0.712. The molecule has 2 nitrogen and oxygen atoms in total. The van der Waals surface area contributed by atoms with Gasteiger partial charge in [-0.1, -0.05) is 6.58 Å². The lowest BCUT2D eigenvalue weighted by molar-refractivity contribution is 0.0602. The van der Waals surface area contributed by atoms with Crippen LogP contribution in [0.15, 0.2) is 37.3 Å². The van der Waals surface area contributed by atoms with Gasteiger partial charge in [0.25, 0.3) is 0 Å². The lowest BCUT2D eigenvalue weighted by atomic mass is 10.4. The summed E-state index contributed by atoms with van der Waals surface area (Å²) in [7, 11) is 0. The zero-order valence-electron chi connectivity index (χ0n) is 6.93. The number of allylic oxidation sites excluding steroid dienone is 1. The summed E-state index contributed by atoms with van der Waals surface area (Å²) in [5.74, 6) is 1.41. The molecule has 1 aliphatic rings. The van der Waals surface area contributed by atoms with Crippen molar-refractivity contribution in [1.29, 1.82) is 0 Å². The van der Waals surface area contributed by atoms with Crippen LogP contribution in [0, 0.1) is 0 Å². The molecule has 1 aliphatic heterocycles. The summed E-state index contributed by atoms with van der Waals surface area (Å²) in [6, 6.07) is 0. The van der Waals surface area contributed by atoms with Crippen molar-refractivity contribution in [3.05, 3.63) is 37.3 Å². The molecule has 0 aromatic carbocycles. The predicted octanol–water partition coefficient (Wildman–Crippen LogP) is 2.25. The van der Waals surface area contributed by atoms with Gasteiger partial charge in [-0.15, -0.1) is 13.2 Å². The Labute approximate surface area is 67.8 Å². The van der Waals surface area contributed by atoms with Crippen molar-refractivity contribution >= 4 is 0 Å². The highest BCUT2D eigenvalue weighted by atomic mass is 16.6. The molecule has 2 heteroatoms. The van der Waals surface area contributed by atoms with Gasteiger partial charge >= 0.3 is 0 Å². The lowest BCUT2D eigenvalue weighted by Crippen LogP contribution is -2.12. The third-order valence-corrected chi connectivity index (χ3v) is 1.15. The molecule has 11 heavy (non-hydrogen) atoms. The average Bonchev–Trinajstić information content (AvgIpc) is 2.09. The standard InChI is InChI=1S/C7H10O2.C2H4/c1-3-7-6(2)8-4-5-9-7;1-2/h3H,2,4-5H2,1H3;1-2H2/b7-3+;. The molecule has 0 aromatic rings. The summed E-state index contributed by atoms with van der Waals surface area (Å²) in [5.41, 5.74) is 0. The van der Waals surface area contributed by atoms with Crippen LogP contribution in [0.5, 0.6) is 0 Å². The maximum atomic E-state index is 5.18. The lowest BCUT2D eigenvalue weighted by Gasteiger charge is -2.18. The Balaban J connectivity index is 0.000000461. The number of rotatable bonds is 0. The highest BCUT2D eigenvalue weighted by molar-refractivity contribution is 5.16. The number of ether oxygens (including phenoxy) is 2. The van der Waals surface area contributed by atoms with Gasteiger partial charge in [0.15, 0.2) is 11.5 Å². The van der Waals surface area contributed by atoms with E-state index in [0.717, 1.165) is 5.76 Å². The third-order valence-electron chi connectivity index (χ3n) is 1.15. The van der Waals surface area contributed by atoms with Gasteiger partial charge in [-0.05, 0) is 13.0 Å². The molecule has 0 aromatic heterocycles. The quantitative estimate of drug-likeness (QED) is 0.498. The van der Waals surface area contributed by atoms with Crippen LogP contribution in [0.25, 0.3) is 0 Å². The summed E-state index contributed by atoms with van der Waals surface area (Å²) >= 11 is 0. The van der Waals surface area contributed by atoms with Crippen molar-refractivity contribution in [1.82, 2.24) is 0 Å². The highest BCUT2D eigenvalue weighted by Crippen LogP contribution is 2.14. The zero-order chi connectivity index (χ0) is 8.69. The molecule has 1 rings (SSSR count). The van der Waals surface area contributed by atoms with E-state index < -0.39 is 0 Å². The normalized spacial score (nSPS) is 19.4. The van der Waals surface area contributed by atoms with Gasteiger partial charge in [0.2, 0.25) is 0 Å². The molecule has 0 N–H and O–H groups in total. The highest BCUT2D eigenvalue weighted by Gasteiger charge is 2.08. The van der Waals surface area contributed by atoms with Gasteiger partial charge in [0.05, 0.1) is 0 Å². The Bertz CT molecular complexity index is 159. The fraction of sp³-hybridized carbons (Fsp3) is 0.333. The monoisotopic (exact) mass is 154 g/mol. The minimum Gasteiger partial charge on any atom is -0.487 e. The van der Waals surface area contributed by atoms with Crippen molar-refractivity contribution in [2.75, 3.05) is 13.2 Å². The summed E-state index contributed by atoms with van der Waals surface area (Å²) in [6.45, 7) is 12.8. The molecule has 0 spiro atoms. The predicted molar refractivity (Wildman–Crippen MR) is 46.1 cm³/mol. The Kier molecular flexibility index (Phi) is 4.99. The second kappa shape index (κ2) is 5.59. The van der Waals surface area contributed by atoms with E-state index in [1.807, 2.05) is 13.0 Å². The van der Waals surface area contributed by atoms with Crippen LogP contribution in [0.4, 0.5) is 0 Å². The van der Waals surface area contributed by atoms with E-state index in [4.69, 9.17) is 9.47 Å². The molecule has 1 fully saturated rings. The molecule has 0 aliphatic carbocycles. The first-order chi connectivity index (χ1) is 5.34. The van der Waals surface area contributed by atoms with Crippen LogP contribution in [0.2, 0.25) is 0 Å². The molecular weight excluding hydrogens is 140 g/mol. The van der Waals surface area contributed by atoms with Crippen LogP contribution in [0.1, 0.15) is 6.92 Å². The van der Waals surface area contributed by atoms with Crippen molar-refractivity contribution in [3.63, 3.8) is 0 Å². The Hall–Kier alpha value is -1.18. The second-order valence-corrected chi connectivity index (χ2v) is 1.77. The molecule has 0 bridgehead atoms. The number of hydrogen-bond acceptors (Lipinski definition) is 2. The average molecular weight is 154 g/mol. The summed E-state index contributed by atoms with van der Waals surface area (Å²) in [6.07, 6.45) is 1.85. The molecule has 0 amide bonds. The fourth-order valence-corrected chi connectivity index (χ4v) is 0.712. The van der Waals surface area contributed by atoms with Crippen LogP contribution in [-0.4, -0.2) is 13.2 Å². The largest absolute Gasteiger partial charge is 0.487 e. The van der Waals surface area contributed by atoms with Crippen LogP contribution < -0.4 is 0 Å². The van der Waals surface area contributed by atoms with Gasteiger partial charge < -0.3 is 9.47 Å². The first kappa shape index (κ1) is 9.82. The zero-order valence-corrected chi connectivity index (χ0v) is 6.93. The van der Waals surface area contributed by atoms with Crippen molar-refractivity contribution in [2.45, 2.75) is 6.92 Å². The molecule has 0 atom stereocenters. The molecule has 0 radical (unpaired) electrons. The molecular formula is C9H14O2. The minimum atomic E-state index is 0.621. The molecule has 0 unspecified atom stereocenters. The van der Waals surface area contributed by atoms with E-state index in [9.17, 15) is 0 Å². The maximum Gasteiger partial charge on any atom is 0.156 e. The van der Waals surface area contributed by atoms with E-state index in [2.05, 4.69) is 19.7 Å². The van der Waals surface area contributed by atoms with Gasteiger partial charge in [-0.25, -0.2) is 0 Å². The molecule has 0 saturated carbocycles. The summed E-state index contributed by atoms with van der Waals surface area (Å²) in [5, 5.41) is 0. The van der Waals surface area contributed by atoms with Gasteiger partial charge in [0, 0.05) is 0 Å². The summed E-state index contributed by atoms with van der Waals surface area (Å²) < 4.78 is 10.3.